The van der Waals surface area contributed by atoms with E-state index in [9.17, 15) is 4.39 Å². The number of nitrogens with one attached hydrogen (secondary N) is 1. The Labute approximate surface area is 148 Å². The zero-order valence-electron chi connectivity index (χ0n) is 13.4. The van der Waals surface area contributed by atoms with E-state index in [0.29, 0.717) is 10.7 Å². The molecule has 0 saturated heterocycles. The van der Waals surface area contributed by atoms with Crippen molar-refractivity contribution >= 4 is 28.8 Å². The maximum absolute atomic E-state index is 13.2. The molecule has 0 amide bonds. The van der Waals surface area contributed by atoms with Crippen molar-refractivity contribution in [3.63, 3.8) is 0 Å². The average molecular weight is 353 g/mol. The summed E-state index contributed by atoms with van der Waals surface area (Å²) in [5, 5.41) is 3.86. The van der Waals surface area contributed by atoms with E-state index in [2.05, 4.69) is 10.3 Å². The van der Waals surface area contributed by atoms with Gasteiger partial charge in [0.25, 0.3) is 0 Å². The van der Waals surface area contributed by atoms with Crippen LogP contribution in [0.1, 0.15) is 5.69 Å². The van der Waals surface area contributed by atoms with Crippen LogP contribution in [0, 0.1) is 12.7 Å². The van der Waals surface area contributed by atoms with Gasteiger partial charge in [-0.3, -0.25) is 9.38 Å². The van der Waals surface area contributed by atoms with Gasteiger partial charge in [-0.2, -0.15) is 0 Å². The number of imidazole rings is 1. The summed E-state index contributed by atoms with van der Waals surface area (Å²) >= 11 is 6.33. The van der Waals surface area contributed by atoms with Crippen molar-refractivity contribution in [1.82, 2.24) is 14.4 Å². The van der Waals surface area contributed by atoms with Crippen molar-refractivity contribution in [2.75, 3.05) is 5.32 Å². The molecule has 0 atom stereocenters. The normalized spacial score (nSPS) is 11.0. The molecule has 4 aromatic rings. The molecule has 0 spiro atoms. The molecule has 4 rings (SSSR count). The van der Waals surface area contributed by atoms with Gasteiger partial charge in [0.15, 0.2) is 0 Å². The lowest BCUT2D eigenvalue weighted by Gasteiger charge is -2.11. The second kappa shape index (κ2) is 6.18. The Kier molecular flexibility index (Phi) is 3.86. The van der Waals surface area contributed by atoms with E-state index in [4.69, 9.17) is 16.6 Å². The summed E-state index contributed by atoms with van der Waals surface area (Å²) in [5.41, 5.74) is 4.08. The number of fused-ring (bicyclic) bond motifs is 1. The van der Waals surface area contributed by atoms with E-state index < -0.39 is 0 Å². The van der Waals surface area contributed by atoms with Gasteiger partial charge in [0.1, 0.15) is 23.0 Å². The fourth-order valence-electron chi connectivity index (χ4n) is 2.79. The molecule has 6 heteroatoms. The highest BCUT2D eigenvalue weighted by atomic mass is 35.5. The Morgan fingerprint density at radius 2 is 1.88 bits per heavy atom. The lowest BCUT2D eigenvalue weighted by atomic mass is 10.2. The minimum Gasteiger partial charge on any atom is -0.339 e. The fraction of sp³-hybridized carbons (Fsp3) is 0.0526. The van der Waals surface area contributed by atoms with Crippen LogP contribution in [0.4, 0.5) is 15.9 Å². The van der Waals surface area contributed by atoms with E-state index in [-0.39, 0.29) is 5.82 Å². The molecule has 1 N–H and O–H groups in total. The van der Waals surface area contributed by atoms with Gasteiger partial charge in [0.2, 0.25) is 0 Å². The van der Waals surface area contributed by atoms with Crippen molar-refractivity contribution in [3.8, 4) is 11.3 Å². The summed E-state index contributed by atoms with van der Waals surface area (Å²) < 4.78 is 15.2. The number of halogens is 2. The Morgan fingerprint density at radius 1 is 1.08 bits per heavy atom. The number of rotatable bonds is 3. The molecule has 124 valence electrons. The maximum atomic E-state index is 13.2. The van der Waals surface area contributed by atoms with Crippen molar-refractivity contribution in [3.05, 3.63) is 77.5 Å². The van der Waals surface area contributed by atoms with Gasteiger partial charge in [-0.15, -0.1) is 0 Å². The first-order valence-corrected chi connectivity index (χ1v) is 8.12. The second-order valence-corrected chi connectivity index (χ2v) is 6.06. The van der Waals surface area contributed by atoms with Crippen LogP contribution in [0.5, 0.6) is 0 Å². The van der Waals surface area contributed by atoms with Gasteiger partial charge < -0.3 is 5.32 Å². The molecule has 0 aliphatic heterocycles. The summed E-state index contributed by atoms with van der Waals surface area (Å²) in [5.74, 6) is 0.491. The summed E-state index contributed by atoms with van der Waals surface area (Å²) in [6, 6.07) is 13.9. The predicted molar refractivity (Wildman–Crippen MR) is 97.9 cm³/mol. The van der Waals surface area contributed by atoms with Crippen LogP contribution in [0.3, 0.4) is 0 Å². The number of aromatic nitrogens is 3. The summed E-state index contributed by atoms with van der Waals surface area (Å²) in [7, 11) is 0. The van der Waals surface area contributed by atoms with Crippen molar-refractivity contribution in [2.24, 2.45) is 0 Å². The number of anilines is 2. The molecule has 4 nitrogen and oxygen atoms in total. The van der Waals surface area contributed by atoms with E-state index in [0.717, 1.165) is 28.4 Å². The Morgan fingerprint density at radius 3 is 2.64 bits per heavy atom. The smallest absolute Gasteiger partial charge is 0.143 e. The molecular weight excluding hydrogens is 339 g/mol. The number of hydrogen-bond donors (Lipinski definition) is 1. The summed E-state index contributed by atoms with van der Waals surface area (Å²) in [6.45, 7) is 2.00. The number of hydrogen-bond acceptors (Lipinski definition) is 3. The zero-order chi connectivity index (χ0) is 17.4. The molecule has 1 aromatic carbocycles. The standard InChI is InChI=1S/C19H14ClFN4/c1-12-3-2-4-17-24-18(15-9-10-22-11-16(15)20)19(25(12)17)23-14-7-5-13(21)6-8-14/h2-11,23H,1H3. The molecule has 3 aromatic heterocycles. The minimum absolute atomic E-state index is 0.280. The van der Waals surface area contributed by atoms with E-state index in [1.807, 2.05) is 35.6 Å². The number of pyridine rings is 2. The van der Waals surface area contributed by atoms with Crippen LogP contribution in [-0.2, 0) is 0 Å². The highest BCUT2D eigenvalue weighted by molar-refractivity contribution is 6.33. The third-order valence-electron chi connectivity index (χ3n) is 3.97. The van der Waals surface area contributed by atoms with Gasteiger partial charge in [0.05, 0.1) is 5.02 Å². The van der Waals surface area contributed by atoms with E-state index in [1.54, 1.807) is 24.5 Å². The second-order valence-electron chi connectivity index (χ2n) is 5.66. The van der Waals surface area contributed by atoms with Crippen LogP contribution < -0.4 is 5.32 Å². The molecule has 0 aliphatic carbocycles. The van der Waals surface area contributed by atoms with Gasteiger partial charge in [-0.1, -0.05) is 17.7 Å². The molecule has 25 heavy (non-hydrogen) atoms. The van der Waals surface area contributed by atoms with E-state index >= 15 is 0 Å². The van der Waals surface area contributed by atoms with Crippen LogP contribution in [0.15, 0.2) is 60.9 Å². The number of nitrogens with zero attached hydrogens (tertiary/aromatic N) is 3. The molecule has 3 heterocycles. The molecule has 0 bridgehead atoms. The monoisotopic (exact) mass is 352 g/mol. The largest absolute Gasteiger partial charge is 0.339 e. The molecule has 0 aliphatic rings. The fourth-order valence-corrected chi connectivity index (χ4v) is 3.00. The SMILES string of the molecule is Cc1cccc2nc(-c3ccncc3Cl)c(Nc3ccc(F)cc3)n12. The first-order valence-electron chi connectivity index (χ1n) is 7.74. The van der Waals surface area contributed by atoms with Gasteiger partial charge >= 0.3 is 0 Å². The lowest BCUT2D eigenvalue weighted by Crippen LogP contribution is -1.99. The first kappa shape index (κ1) is 15.6. The van der Waals surface area contributed by atoms with Gasteiger partial charge in [-0.25, -0.2) is 9.37 Å². The van der Waals surface area contributed by atoms with Crippen molar-refractivity contribution in [2.45, 2.75) is 6.92 Å². The third kappa shape index (κ3) is 2.83. The number of benzene rings is 1. The predicted octanol–water partition coefficient (Wildman–Crippen LogP) is 5.24. The van der Waals surface area contributed by atoms with Crippen LogP contribution in [-0.4, -0.2) is 14.4 Å². The summed E-state index contributed by atoms with van der Waals surface area (Å²) in [4.78, 5) is 8.77. The van der Waals surface area contributed by atoms with Crippen LogP contribution in [0.25, 0.3) is 16.9 Å². The minimum atomic E-state index is -0.280. The van der Waals surface area contributed by atoms with Gasteiger partial charge in [0, 0.05) is 29.3 Å². The number of aryl methyl sites for hydroxylation is 1. The average Bonchev–Trinajstić information content (AvgIpc) is 2.97. The van der Waals surface area contributed by atoms with Crippen LogP contribution in [0.2, 0.25) is 5.02 Å². The molecule has 0 fully saturated rings. The molecular formula is C19H14ClFN4. The Bertz CT molecular complexity index is 1060. The Balaban J connectivity index is 1.95. The highest BCUT2D eigenvalue weighted by Crippen LogP contribution is 2.35. The van der Waals surface area contributed by atoms with Crippen molar-refractivity contribution < 1.29 is 4.39 Å². The van der Waals surface area contributed by atoms with E-state index in [1.165, 1.54) is 12.1 Å². The molecule has 0 saturated carbocycles. The van der Waals surface area contributed by atoms with Crippen molar-refractivity contribution in [1.29, 1.82) is 0 Å². The van der Waals surface area contributed by atoms with Gasteiger partial charge in [-0.05, 0) is 49.4 Å². The summed E-state index contributed by atoms with van der Waals surface area (Å²) in [6.07, 6.45) is 3.27. The first-order chi connectivity index (χ1) is 12.1. The molecule has 0 radical (unpaired) electrons. The molecule has 0 unspecified atom stereocenters. The third-order valence-corrected chi connectivity index (χ3v) is 4.27. The lowest BCUT2D eigenvalue weighted by molar-refractivity contribution is 0.628. The topological polar surface area (TPSA) is 42.2 Å². The van der Waals surface area contributed by atoms with Crippen LogP contribution >= 0.6 is 11.6 Å². The maximum Gasteiger partial charge on any atom is 0.143 e. The zero-order valence-corrected chi connectivity index (χ0v) is 14.1. The quantitative estimate of drug-likeness (QED) is 0.548. The Hall–Kier alpha value is -2.92. The highest BCUT2D eigenvalue weighted by Gasteiger charge is 2.17.